The zero-order valence-corrected chi connectivity index (χ0v) is 16.5. The Morgan fingerprint density at radius 2 is 1.15 bits per heavy atom. The fraction of sp³-hybridized carbons (Fsp3) is 0.647. The van der Waals surface area contributed by atoms with Gasteiger partial charge in [0.25, 0.3) is 0 Å². The highest BCUT2D eigenvalue weighted by Gasteiger charge is 2.40. The topological polar surface area (TPSA) is 27.7 Å². The second-order valence-corrected chi connectivity index (χ2v) is 8.48. The van der Waals surface area contributed by atoms with Gasteiger partial charge in [0, 0.05) is 25.9 Å². The molecule has 10 heteroatoms. The number of aryl methyl sites for hydroxylation is 1. The lowest BCUT2D eigenvalue weighted by atomic mass is 10.0. The molecule has 0 amide bonds. The van der Waals surface area contributed by atoms with Gasteiger partial charge >= 0.3 is 21.2 Å². The lowest BCUT2D eigenvalue weighted by Gasteiger charge is -2.28. The van der Waals surface area contributed by atoms with E-state index in [1.165, 1.54) is 0 Å². The summed E-state index contributed by atoms with van der Waals surface area (Å²) < 4.78 is 94.5. The molecule has 0 N–H and O–H groups in total. The maximum absolute atomic E-state index is 12.9. The van der Waals surface area contributed by atoms with Crippen LogP contribution in [0.1, 0.15) is 43.9 Å². The average molecular weight is 418 g/mol. The number of rotatable bonds is 10. The Balaban J connectivity index is 3.00. The first-order valence-electron chi connectivity index (χ1n) is 8.67. The van der Waals surface area contributed by atoms with Crippen LogP contribution in [0.3, 0.4) is 0 Å². The third-order valence-electron chi connectivity index (χ3n) is 3.69. The molecule has 0 aliphatic carbocycles. The van der Waals surface area contributed by atoms with Gasteiger partial charge in [0.2, 0.25) is 0 Å². The summed E-state index contributed by atoms with van der Waals surface area (Å²) in [5.74, 6) is 0. The summed E-state index contributed by atoms with van der Waals surface area (Å²) in [4.78, 5) is 0. The molecule has 0 atom stereocenters. The van der Waals surface area contributed by atoms with Crippen LogP contribution in [0.5, 0.6) is 0 Å². The van der Waals surface area contributed by atoms with E-state index in [9.17, 15) is 26.3 Å². The van der Waals surface area contributed by atoms with Crippen molar-refractivity contribution in [2.75, 3.05) is 19.8 Å². The Labute approximate surface area is 156 Å². The molecular weight excluding hydrogens is 394 g/mol. The quantitative estimate of drug-likeness (QED) is 0.360. The molecule has 0 aliphatic heterocycles. The third-order valence-corrected chi connectivity index (χ3v) is 6.84. The van der Waals surface area contributed by atoms with E-state index in [0.29, 0.717) is 25.9 Å². The van der Waals surface area contributed by atoms with Gasteiger partial charge in [-0.05, 0) is 57.4 Å². The first kappa shape index (κ1) is 23.9. The molecule has 0 aliphatic rings. The van der Waals surface area contributed by atoms with E-state index in [4.69, 9.17) is 13.3 Å². The molecule has 1 rings (SSSR count). The van der Waals surface area contributed by atoms with Crippen molar-refractivity contribution >= 4 is 8.80 Å². The molecule has 0 unspecified atom stereocenters. The van der Waals surface area contributed by atoms with Crippen LogP contribution in [0.2, 0.25) is 6.04 Å². The normalized spacial score (nSPS) is 13.2. The molecule has 1 aromatic rings. The number of hydrogen-bond donors (Lipinski definition) is 0. The van der Waals surface area contributed by atoms with Crippen molar-refractivity contribution in [2.45, 2.75) is 52.0 Å². The molecule has 0 bridgehead atoms. The Morgan fingerprint density at radius 1 is 0.741 bits per heavy atom. The highest BCUT2D eigenvalue weighted by molar-refractivity contribution is 6.60. The molecule has 156 valence electrons. The Kier molecular flexibility index (Phi) is 8.78. The lowest BCUT2D eigenvalue weighted by Crippen LogP contribution is -2.46. The Morgan fingerprint density at radius 3 is 1.48 bits per heavy atom. The monoisotopic (exact) mass is 418 g/mol. The van der Waals surface area contributed by atoms with Crippen molar-refractivity contribution in [3.05, 3.63) is 34.9 Å². The predicted octanol–water partition coefficient (Wildman–Crippen LogP) is 5.71. The van der Waals surface area contributed by atoms with Gasteiger partial charge in [-0.2, -0.15) is 26.3 Å². The van der Waals surface area contributed by atoms with Gasteiger partial charge in [-0.25, -0.2) is 0 Å². The van der Waals surface area contributed by atoms with Crippen LogP contribution < -0.4 is 0 Å². The minimum atomic E-state index is -4.85. The molecule has 3 nitrogen and oxygen atoms in total. The van der Waals surface area contributed by atoms with Crippen LogP contribution in [0.15, 0.2) is 18.2 Å². The Hall–Kier alpha value is -1.10. The highest BCUT2D eigenvalue weighted by atomic mass is 28.4. The van der Waals surface area contributed by atoms with Gasteiger partial charge in [-0.15, -0.1) is 0 Å². The van der Waals surface area contributed by atoms with E-state index in [-0.39, 0.29) is 24.5 Å². The van der Waals surface area contributed by atoms with Crippen molar-refractivity contribution in [1.82, 2.24) is 0 Å². The summed E-state index contributed by atoms with van der Waals surface area (Å²) in [7, 11) is -2.99. The summed E-state index contributed by atoms with van der Waals surface area (Å²) in [5, 5.41) is 0. The first-order valence-corrected chi connectivity index (χ1v) is 10.6. The van der Waals surface area contributed by atoms with Crippen LogP contribution in [0, 0.1) is 0 Å². The second-order valence-electron chi connectivity index (χ2n) is 5.75. The predicted molar refractivity (Wildman–Crippen MR) is 90.2 cm³/mol. The van der Waals surface area contributed by atoms with E-state index >= 15 is 0 Å². The van der Waals surface area contributed by atoms with Gasteiger partial charge in [-0.3, -0.25) is 0 Å². The lowest BCUT2D eigenvalue weighted by molar-refractivity contribution is -0.143. The summed E-state index contributed by atoms with van der Waals surface area (Å²) in [5.41, 5.74) is -2.66. The number of hydrogen-bond acceptors (Lipinski definition) is 3. The van der Waals surface area contributed by atoms with E-state index < -0.39 is 32.3 Å². The van der Waals surface area contributed by atoms with E-state index in [0.717, 1.165) is 12.1 Å². The molecule has 0 fully saturated rings. The molecule has 1 aromatic carbocycles. The number of benzene rings is 1. The molecule has 0 saturated heterocycles. The molecule has 0 aromatic heterocycles. The molecule has 0 spiro atoms. The SMILES string of the molecule is CCO[Si](CCCc1cc(C(F)(F)F)cc(C(F)(F)F)c1)(OCC)OCC. The molecule has 0 radical (unpaired) electrons. The van der Waals surface area contributed by atoms with Crippen molar-refractivity contribution in [1.29, 1.82) is 0 Å². The second kappa shape index (κ2) is 9.90. The van der Waals surface area contributed by atoms with Crippen molar-refractivity contribution in [2.24, 2.45) is 0 Å². The number of alkyl halides is 6. The maximum Gasteiger partial charge on any atom is 0.500 e. The summed E-state index contributed by atoms with van der Waals surface area (Å²) >= 11 is 0. The van der Waals surface area contributed by atoms with Crippen molar-refractivity contribution in [3.8, 4) is 0 Å². The van der Waals surface area contributed by atoms with Crippen molar-refractivity contribution in [3.63, 3.8) is 0 Å². The standard InChI is InChI=1S/C17H24F6O3Si/c1-4-24-27(25-5-2,26-6-3)9-7-8-13-10-14(16(18,19)20)12-15(11-13)17(21,22)23/h10-12H,4-9H2,1-3H3. The minimum Gasteiger partial charge on any atom is -0.374 e. The summed E-state index contributed by atoms with van der Waals surface area (Å²) in [6, 6.07) is 1.93. The van der Waals surface area contributed by atoms with Crippen LogP contribution in [0.4, 0.5) is 26.3 Å². The zero-order valence-electron chi connectivity index (χ0n) is 15.5. The van der Waals surface area contributed by atoms with E-state index in [1.807, 2.05) is 0 Å². The fourth-order valence-electron chi connectivity index (χ4n) is 2.67. The highest BCUT2D eigenvalue weighted by Crippen LogP contribution is 2.36. The van der Waals surface area contributed by atoms with E-state index in [2.05, 4.69) is 0 Å². The van der Waals surface area contributed by atoms with Crippen LogP contribution in [-0.4, -0.2) is 28.6 Å². The fourth-order valence-corrected chi connectivity index (χ4v) is 5.29. The van der Waals surface area contributed by atoms with Crippen LogP contribution in [-0.2, 0) is 32.1 Å². The Bertz CT molecular complexity index is 540. The average Bonchev–Trinajstić information content (AvgIpc) is 2.54. The first-order chi connectivity index (χ1) is 12.5. The zero-order chi connectivity index (χ0) is 20.7. The van der Waals surface area contributed by atoms with Crippen LogP contribution >= 0.6 is 0 Å². The van der Waals surface area contributed by atoms with Gasteiger partial charge < -0.3 is 13.3 Å². The molecular formula is C17H24F6O3Si. The van der Waals surface area contributed by atoms with E-state index in [1.54, 1.807) is 20.8 Å². The largest absolute Gasteiger partial charge is 0.500 e. The molecule has 0 heterocycles. The molecule has 0 saturated carbocycles. The third kappa shape index (κ3) is 7.44. The maximum atomic E-state index is 12.9. The summed E-state index contributed by atoms with van der Waals surface area (Å²) in [6.45, 7) is 6.32. The van der Waals surface area contributed by atoms with Gasteiger partial charge in [-0.1, -0.05) is 0 Å². The van der Waals surface area contributed by atoms with Crippen molar-refractivity contribution < 1.29 is 39.6 Å². The van der Waals surface area contributed by atoms with Gasteiger partial charge in [0.05, 0.1) is 11.1 Å². The van der Waals surface area contributed by atoms with Gasteiger partial charge in [0.15, 0.2) is 0 Å². The van der Waals surface area contributed by atoms with Crippen LogP contribution in [0.25, 0.3) is 0 Å². The minimum absolute atomic E-state index is 0.0228. The van der Waals surface area contributed by atoms with Gasteiger partial charge in [0.1, 0.15) is 0 Å². The number of halogens is 6. The summed E-state index contributed by atoms with van der Waals surface area (Å²) in [6.07, 6.45) is -9.40. The smallest absolute Gasteiger partial charge is 0.374 e. The molecule has 27 heavy (non-hydrogen) atoms.